The van der Waals surface area contributed by atoms with Gasteiger partial charge in [0.2, 0.25) is 10.0 Å². The number of sulfonamides is 1. The summed E-state index contributed by atoms with van der Waals surface area (Å²) in [6, 6.07) is 9.06. The van der Waals surface area contributed by atoms with Crippen molar-refractivity contribution in [3.05, 3.63) is 56.6 Å². The van der Waals surface area contributed by atoms with Gasteiger partial charge in [0.15, 0.2) is 0 Å². The Balaban J connectivity index is 1.84. The van der Waals surface area contributed by atoms with Crippen LogP contribution in [-0.4, -0.2) is 37.6 Å². The number of halogens is 2. The van der Waals surface area contributed by atoms with Gasteiger partial charge in [0.25, 0.3) is 0 Å². The van der Waals surface area contributed by atoms with Gasteiger partial charge in [-0.05, 0) is 46.6 Å². The van der Waals surface area contributed by atoms with Gasteiger partial charge < -0.3 is 10.5 Å². The number of benzene rings is 1. The molecule has 0 amide bonds. The summed E-state index contributed by atoms with van der Waals surface area (Å²) in [5, 5.41) is 1.26. The van der Waals surface area contributed by atoms with Crippen molar-refractivity contribution in [1.29, 1.82) is 0 Å². The van der Waals surface area contributed by atoms with Crippen LogP contribution in [0, 0.1) is 0 Å². The van der Waals surface area contributed by atoms with Crippen LogP contribution >= 0.6 is 38.9 Å². The molecular weight excluding hydrogens is 498 g/mol. The van der Waals surface area contributed by atoms with Crippen molar-refractivity contribution >= 4 is 59.0 Å². The topological polar surface area (TPSA) is 85.5 Å². The van der Waals surface area contributed by atoms with Gasteiger partial charge in [-0.1, -0.05) is 23.7 Å². The molecule has 1 atom stereocenters. The maximum atomic E-state index is 13.0. The van der Waals surface area contributed by atoms with E-state index in [0.29, 0.717) is 20.3 Å². The van der Waals surface area contributed by atoms with Crippen molar-refractivity contribution in [1.82, 2.24) is 9.29 Å². The molecule has 0 aliphatic rings. The molecule has 0 saturated carbocycles. The van der Waals surface area contributed by atoms with Crippen molar-refractivity contribution < 1.29 is 13.2 Å². The first-order valence-corrected chi connectivity index (χ1v) is 12.2. The molecule has 3 aromatic rings. The third kappa shape index (κ3) is 4.76. The van der Waals surface area contributed by atoms with E-state index in [-0.39, 0.29) is 12.3 Å². The van der Waals surface area contributed by atoms with Gasteiger partial charge in [-0.15, -0.1) is 11.3 Å². The molecule has 0 radical (unpaired) electrons. The van der Waals surface area contributed by atoms with Gasteiger partial charge in [0.1, 0.15) is 10.4 Å². The zero-order chi connectivity index (χ0) is 21.4. The first-order valence-electron chi connectivity index (χ1n) is 8.64. The summed E-state index contributed by atoms with van der Waals surface area (Å²) in [6.07, 6.45) is 1.64. The second-order valence-electron chi connectivity index (χ2n) is 7.00. The van der Waals surface area contributed by atoms with E-state index in [1.54, 1.807) is 45.5 Å². The van der Waals surface area contributed by atoms with E-state index in [9.17, 15) is 8.42 Å². The highest BCUT2D eigenvalue weighted by atomic mass is 79.9. The molecule has 0 aliphatic carbocycles. The predicted molar refractivity (Wildman–Crippen MR) is 122 cm³/mol. The molecule has 29 heavy (non-hydrogen) atoms. The fourth-order valence-electron chi connectivity index (χ4n) is 2.97. The average Bonchev–Trinajstić information content (AvgIpc) is 3.01. The van der Waals surface area contributed by atoms with E-state index in [4.69, 9.17) is 22.1 Å². The van der Waals surface area contributed by atoms with E-state index in [1.165, 1.54) is 15.6 Å². The van der Waals surface area contributed by atoms with E-state index < -0.39 is 15.6 Å². The van der Waals surface area contributed by atoms with Crippen LogP contribution in [0.5, 0.6) is 5.75 Å². The van der Waals surface area contributed by atoms with Gasteiger partial charge in [-0.3, -0.25) is 0 Å². The highest BCUT2D eigenvalue weighted by Crippen LogP contribution is 2.43. The minimum absolute atomic E-state index is 0.234. The van der Waals surface area contributed by atoms with Crippen molar-refractivity contribution in [3.63, 3.8) is 0 Å². The second-order valence-corrected chi connectivity index (χ2v) is 11.2. The van der Waals surface area contributed by atoms with Gasteiger partial charge in [0.05, 0.1) is 28.1 Å². The Bertz CT molecular complexity index is 1130. The summed E-state index contributed by atoms with van der Waals surface area (Å²) < 4.78 is 33.9. The number of rotatable bonds is 7. The third-order valence-corrected chi connectivity index (χ3v) is 9.44. The largest absolute Gasteiger partial charge is 0.497 e. The van der Waals surface area contributed by atoms with Crippen LogP contribution in [0.15, 0.2) is 41.1 Å². The monoisotopic (exact) mass is 517 g/mol. The summed E-state index contributed by atoms with van der Waals surface area (Å²) in [4.78, 5) is 4.81. The van der Waals surface area contributed by atoms with Gasteiger partial charge in [0, 0.05) is 30.1 Å². The van der Waals surface area contributed by atoms with Gasteiger partial charge in [-0.25, -0.2) is 17.7 Å². The first kappa shape index (κ1) is 22.5. The van der Waals surface area contributed by atoms with Gasteiger partial charge in [-0.2, -0.15) is 0 Å². The lowest BCUT2D eigenvalue weighted by Crippen LogP contribution is -2.44. The van der Waals surface area contributed by atoms with Crippen molar-refractivity contribution in [3.8, 4) is 5.75 Å². The standard InChI is InChI=1S/C19H21BrClN3O3S2/c1-19(22,17-15(21)14-8-9-23-18(20)16(14)28-17)11-29(25,26)24(2)10-12-4-6-13(27-3)7-5-12/h4-9H,10-11,22H2,1-3H3/t19-/m0/s1. The zero-order valence-corrected chi connectivity index (χ0v) is 20.1. The molecule has 1 aromatic carbocycles. The summed E-state index contributed by atoms with van der Waals surface area (Å²) in [6.45, 7) is 1.92. The normalized spacial score (nSPS) is 14.3. The second kappa shape index (κ2) is 8.49. The molecule has 0 saturated heterocycles. The van der Waals surface area contributed by atoms with Crippen LogP contribution in [0.3, 0.4) is 0 Å². The molecule has 6 nitrogen and oxygen atoms in total. The maximum absolute atomic E-state index is 13.0. The number of methoxy groups -OCH3 is 1. The summed E-state index contributed by atoms with van der Waals surface area (Å²) in [5.41, 5.74) is 6.17. The quantitative estimate of drug-likeness (QED) is 0.470. The third-order valence-electron chi connectivity index (χ3n) is 4.54. The Morgan fingerprint density at radius 2 is 1.97 bits per heavy atom. The Morgan fingerprint density at radius 1 is 1.31 bits per heavy atom. The number of nitrogens with two attached hydrogens (primary N) is 1. The Kier molecular flexibility index (Phi) is 6.57. The number of hydrogen-bond acceptors (Lipinski definition) is 6. The predicted octanol–water partition coefficient (Wildman–Crippen LogP) is 4.36. The highest BCUT2D eigenvalue weighted by molar-refractivity contribution is 9.10. The van der Waals surface area contributed by atoms with Crippen LogP contribution in [0.25, 0.3) is 10.1 Å². The molecule has 0 bridgehead atoms. The lowest BCUT2D eigenvalue weighted by Gasteiger charge is -2.27. The van der Waals surface area contributed by atoms with Crippen molar-refractivity contribution in [2.24, 2.45) is 5.73 Å². The Morgan fingerprint density at radius 3 is 2.55 bits per heavy atom. The van der Waals surface area contributed by atoms with Crippen LogP contribution in [0.1, 0.15) is 17.4 Å². The van der Waals surface area contributed by atoms with Crippen LogP contribution in [0.2, 0.25) is 5.02 Å². The number of ether oxygens (including phenoxy) is 1. The number of pyridine rings is 1. The molecule has 0 unspecified atom stereocenters. The SMILES string of the molecule is COc1ccc(CN(C)S(=O)(=O)C[C@](C)(N)c2sc3c(Br)nccc3c2Cl)cc1. The minimum atomic E-state index is -3.65. The number of aromatic nitrogens is 1. The minimum Gasteiger partial charge on any atom is -0.497 e. The highest BCUT2D eigenvalue weighted by Gasteiger charge is 2.35. The number of nitrogens with zero attached hydrogens (tertiary/aromatic N) is 2. The zero-order valence-electron chi connectivity index (χ0n) is 16.1. The molecule has 0 aliphatic heterocycles. The van der Waals surface area contributed by atoms with E-state index in [0.717, 1.165) is 15.6 Å². The summed E-state index contributed by atoms with van der Waals surface area (Å²) >= 11 is 11.3. The van der Waals surface area contributed by atoms with E-state index in [1.807, 2.05) is 12.1 Å². The lowest BCUT2D eigenvalue weighted by molar-refractivity contribution is 0.414. The van der Waals surface area contributed by atoms with E-state index >= 15 is 0 Å². The number of hydrogen-bond donors (Lipinski definition) is 1. The van der Waals surface area contributed by atoms with Crippen LogP contribution < -0.4 is 10.5 Å². The lowest BCUT2D eigenvalue weighted by atomic mass is 10.0. The smallest absolute Gasteiger partial charge is 0.216 e. The summed E-state index contributed by atoms with van der Waals surface area (Å²) in [7, 11) is -0.517. The maximum Gasteiger partial charge on any atom is 0.216 e. The molecule has 0 spiro atoms. The molecule has 2 N–H and O–H groups in total. The summed E-state index contributed by atoms with van der Waals surface area (Å²) in [5.74, 6) is 0.443. The van der Waals surface area contributed by atoms with E-state index in [2.05, 4.69) is 20.9 Å². The fraction of sp³-hybridized carbons (Fsp3) is 0.316. The molecule has 156 valence electrons. The first-order chi connectivity index (χ1) is 13.5. The fourth-order valence-corrected chi connectivity index (χ4v) is 6.78. The Labute approximate surface area is 187 Å². The van der Waals surface area contributed by atoms with Gasteiger partial charge >= 0.3 is 0 Å². The average molecular weight is 519 g/mol. The molecule has 2 aromatic heterocycles. The molecule has 0 fully saturated rings. The number of fused-ring (bicyclic) bond motifs is 1. The Hall–Kier alpha value is -1.23. The molecule has 3 rings (SSSR count). The van der Waals surface area contributed by atoms with Crippen LogP contribution in [-0.2, 0) is 22.1 Å². The molecular formula is C19H21BrClN3O3S2. The van der Waals surface area contributed by atoms with Crippen molar-refractivity contribution in [2.45, 2.75) is 19.0 Å². The molecule has 10 heteroatoms. The van der Waals surface area contributed by atoms with Crippen LogP contribution in [0.4, 0.5) is 0 Å². The van der Waals surface area contributed by atoms with Crippen molar-refractivity contribution in [2.75, 3.05) is 19.9 Å². The molecule has 2 heterocycles. The number of thiophene rings is 1.